The van der Waals surface area contributed by atoms with Crippen LogP contribution < -0.4 is 10.6 Å². The molecule has 0 fully saturated rings. The Morgan fingerprint density at radius 1 is 0.935 bits per heavy atom. The van der Waals surface area contributed by atoms with Crippen molar-refractivity contribution in [1.29, 1.82) is 0 Å². The topological polar surface area (TPSA) is 105 Å². The maximum Gasteiger partial charge on any atom is 0.338 e. The third-order valence-corrected chi connectivity index (χ3v) is 4.65. The summed E-state index contributed by atoms with van der Waals surface area (Å²) in [4.78, 5) is 37.4. The minimum absolute atomic E-state index is 0.0745. The Bertz CT molecular complexity index is 976. The fraction of sp³-hybridized carbons (Fsp3) is 0.375. The Hall–Kier alpha value is -3.19. The van der Waals surface area contributed by atoms with E-state index < -0.39 is 5.97 Å². The molecule has 0 aromatic heterocycles. The van der Waals surface area contributed by atoms with E-state index in [0.717, 1.165) is 5.56 Å². The van der Waals surface area contributed by atoms with Crippen LogP contribution >= 0.6 is 0 Å². The predicted octanol–water partition coefficient (Wildman–Crippen LogP) is 2.95. The maximum atomic E-state index is 12.6. The fourth-order valence-electron chi connectivity index (χ4n) is 2.97. The zero-order valence-corrected chi connectivity index (χ0v) is 18.7. The molecule has 166 valence electrons. The number of methoxy groups -OCH3 is 1. The number of amides is 2. The van der Waals surface area contributed by atoms with Crippen molar-refractivity contribution < 1.29 is 24.2 Å². The summed E-state index contributed by atoms with van der Waals surface area (Å²) in [6.45, 7) is 8.40. The summed E-state index contributed by atoms with van der Waals surface area (Å²) < 4.78 is 4.94. The minimum atomic E-state index is -0.574. The largest absolute Gasteiger partial charge is 0.465 e. The average Bonchev–Trinajstić information content (AvgIpc) is 2.74. The van der Waals surface area contributed by atoms with Gasteiger partial charge in [0, 0.05) is 24.2 Å². The first-order chi connectivity index (χ1) is 14.6. The van der Waals surface area contributed by atoms with Crippen LogP contribution in [-0.2, 0) is 4.74 Å². The van der Waals surface area contributed by atoms with Gasteiger partial charge in [0.25, 0.3) is 11.8 Å². The number of ether oxygens (including phenoxy) is 1. The predicted molar refractivity (Wildman–Crippen MR) is 119 cm³/mol. The average molecular weight is 427 g/mol. The molecular weight excluding hydrogens is 396 g/mol. The molecule has 2 aromatic carbocycles. The molecule has 0 aliphatic carbocycles. The van der Waals surface area contributed by atoms with Crippen LogP contribution in [0.1, 0.15) is 57.4 Å². The van der Waals surface area contributed by atoms with Crippen molar-refractivity contribution >= 4 is 17.8 Å². The van der Waals surface area contributed by atoms with E-state index in [0.29, 0.717) is 28.8 Å². The second-order valence-electron chi connectivity index (χ2n) is 8.50. The highest BCUT2D eigenvalue weighted by molar-refractivity contribution is 6.03. The van der Waals surface area contributed by atoms with E-state index in [1.165, 1.54) is 13.2 Å². The van der Waals surface area contributed by atoms with Gasteiger partial charge < -0.3 is 20.5 Å². The van der Waals surface area contributed by atoms with Crippen LogP contribution in [0.15, 0.2) is 36.4 Å². The number of hydrogen-bond donors (Lipinski definition) is 3. The van der Waals surface area contributed by atoms with E-state index >= 15 is 0 Å². The molecule has 0 bridgehead atoms. The molecule has 2 amide bonds. The third-order valence-electron chi connectivity index (χ3n) is 4.65. The lowest BCUT2D eigenvalue weighted by Crippen LogP contribution is -2.32. The highest BCUT2D eigenvalue weighted by Gasteiger charge is 2.20. The molecule has 7 heteroatoms. The Balaban J connectivity index is 2.48. The van der Waals surface area contributed by atoms with Crippen molar-refractivity contribution in [3.63, 3.8) is 0 Å². The number of benzene rings is 2. The quantitative estimate of drug-likeness (QED) is 0.591. The Morgan fingerprint density at radius 3 is 2.16 bits per heavy atom. The van der Waals surface area contributed by atoms with Crippen LogP contribution in [0.25, 0.3) is 11.1 Å². The molecule has 0 aliphatic rings. The van der Waals surface area contributed by atoms with Gasteiger partial charge in [0.15, 0.2) is 0 Å². The highest BCUT2D eigenvalue weighted by Crippen LogP contribution is 2.29. The molecule has 0 radical (unpaired) electrons. The van der Waals surface area contributed by atoms with Gasteiger partial charge in [-0.15, -0.1) is 0 Å². The lowest BCUT2D eigenvalue weighted by Gasteiger charge is -2.19. The van der Waals surface area contributed by atoms with Gasteiger partial charge in [-0.2, -0.15) is 0 Å². The fourth-order valence-corrected chi connectivity index (χ4v) is 2.97. The lowest BCUT2D eigenvalue weighted by atomic mass is 9.92. The molecule has 2 rings (SSSR count). The lowest BCUT2D eigenvalue weighted by molar-refractivity contribution is 0.0601. The minimum Gasteiger partial charge on any atom is -0.465 e. The van der Waals surface area contributed by atoms with Crippen molar-refractivity contribution in [2.75, 3.05) is 26.8 Å². The Labute approximate surface area is 182 Å². The van der Waals surface area contributed by atoms with Crippen molar-refractivity contribution in [2.24, 2.45) is 5.41 Å². The van der Waals surface area contributed by atoms with Crippen LogP contribution in [-0.4, -0.2) is 49.7 Å². The van der Waals surface area contributed by atoms with Gasteiger partial charge in [0.2, 0.25) is 0 Å². The number of carbonyl (C=O) groups excluding carboxylic acids is 3. The van der Waals surface area contributed by atoms with Crippen LogP contribution in [0.3, 0.4) is 0 Å². The summed E-state index contributed by atoms with van der Waals surface area (Å²) >= 11 is 0. The molecule has 0 saturated heterocycles. The van der Waals surface area contributed by atoms with Crippen LogP contribution in [0.5, 0.6) is 0 Å². The summed E-state index contributed by atoms with van der Waals surface area (Å²) in [7, 11) is 1.28. The zero-order chi connectivity index (χ0) is 23.2. The number of esters is 1. The first-order valence-electron chi connectivity index (χ1n) is 10.1. The van der Waals surface area contributed by atoms with E-state index in [-0.39, 0.29) is 35.9 Å². The first-order valence-corrected chi connectivity index (χ1v) is 10.1. The number of aliphatic hydroxyl groups excluding tert-OH is 1. The summed E-state index contributed by atoms with van der Waals surface area (Å²) in [6, 6.07) is 10.00. The third kappa shape index (κ3) is 6.39. The normalized spacial score (nSPS) is 11.0. The van der Waals surface area contributed by atoms with Gasteiger partial charge in [-0.05, 0) is 53.3 Å². The van der Waals surface area contributed by atoms with Crippen molar-refractivity contribution in [3.05, 3.63) is 58.7 Å². The molecule has 3 N–H and O–H groups in total. The molecule has 0 heterocycles. The van der Waals surface area contributed by atoms with Gasteiger partial charge in [0.05, 0.1) is 19.3 Å². The molecule has 0 atom stereocenters. The first kappa shape index (κ1) is 24.1. The summed E-state index contributed by atoms with van der Waals surface area (Å²) in [5.41, 5.74) is 3.01. The van der Waals surface area contributed by atoms with Gasteiger partial charge in [-0.25, -0.2) is 4.79 Å². The van der Waals surface area contributed by atoms with E-state index in [1.807, 2.05) is 27.7 Å². The SMILES string of the molecule is COC(=O)c1cc(C(=O)NCC(C)(C)C)ccc1-c1cc(C(=O)NCCO)ccc1C. The number of rotatable bonds is 7. The summed E-state index contributed by atoms with van der Waals surface area (Å²) in [5.74, 6) is -1.18. The van der Waals surface area contributed by atoms with E-state index in [9.17, 15) is 14.4 Å². The molecular formula is C24H30N2O5. The van der Waals surface area contributed by atoms with Crippen LogP contribution in [0, 0.1) is 12.3 Å². The standard InChI is InChI=1S/C24H30N2O5/c1-15-6-7-16(21(28)25-10-11-27)12-19(15)18-9-8-17(13-20(18)23(30)31-5)22(29)26-14-24(2,3)4/h6-9,12-13,27H,10-11,14H2,1-5H3,(H,25,28)(H,26,29). The molecule has 31 heavy (non-hydrogen) atoms. The van der Waals surface area contributed by atoms with Crippen molar-refractivity contribution in [2.45, 2.75) is 27.7 Å². The molecule has 0 aliphatic heterocycles. The number of hydrogen-bond acceptors (Lipinski definition) is 5. The van der Waals surface area contributed by atoms with Gasteiger partial charge in [0.1, 0.15) is 0 Å². The molecule has 0 saturated carbocycles. The highest BCUT2D eigenvalue weighted by atomic mass is 16.5. The number of carbonyl (C=O) groups is 3. The molecule has 0 unspecified atom stereocenters. The molecule has 2 aromatic rings. The second-order valence-corrected chi connectivity index (χ2v) is 8.50. The van der Waals surface area contributed by atoms with E-state index in [4.69, 9.17) is 9.84 Å². The number of aryl methyl sites for hydroxylation is 1. The van der Waals surface area contributed by atoms with Crippen molar-refractivity contribution in [3.8, 4) is 11.1 Å². The Kier molecular flexibility index (Phi) is 7.94. The van der Waals surface area contributed by atoms with Crippen LogP contribution in [0.2, 0.25) is 0 Å². The molecule has 0 spiro atoms. The smallest absolute Gasteiger partial charge is 0.338 e. The zero-order valence-electron chi connectivity index (χ0n) is 18.7. The summed E-state index contributed by atoms with van der Waals surface area (Å²) in [6.07, 6.45) is 0. The van der Waals surface area contributed by atoms with Gasteiger partial charge in [-0.3, -0.25) is 9.59 Å². The summed E-state index contributed by atoms with van der Waals surface area (Å²) in [5, 5.41) is 14.4. The maximum absolute atomic E-state index is 12.6. The molecule has 7 nitrogen and oxygen atoms in total. The van der Waals surface area contributed by atoms with E-state index in [2.05, 4.69) is 10.6 Å². The van der Waals surface area contributed by atoms with Crippen LogP contribution in [0.4, 0.5) is 0 Å². The van der Waals surface area contributed by atoms with Gasteiger partial charge in [-0.1, -0.05) is 32.9 Å². The second kappa shape index (κ2) is 10.2. The monoisotopic (exact) mass is 426 g/mol. The van der Waals surface area contributed by atoms with Crippen molar-refractivity contribution in [1.82, 2.24) is 10.6 Å². The Morgan fingerprint density at radius 2 is 1.55 bits per heavy atom. The van der Waals surface area contributed by atoms with E-state index in [1.54, 1.807) is 30.3 Å². The number of aliphatic hydroxyl groups is 1. The number of nitrogens with one attached hydrogen (secondary N) is 2. The van der Waals surface area contributed by atoms with Gasteiger partial charge >= 0.3 is 5.97 Å².